The number of aromatic nitrogens is 2. The van der Waals surface area contributed by atoms with Crippen LogP contribution in [0.2, 0.25) is 5.02 Å². The number of aryl methyl sites for hydroxylation is 1. The van der Waals surface area contributed by atoms with Gasteiger partial charge in [0.05, 0.1) is 31.2 Å². The Morgan fingerprint density at radius 3 is 2.71 bits per heavy atom. The Hall–Kier alpha value is -3.32. The van der Waals surface area contributed by atoms with E-state index in [4.69, 9.17) is 16.3 Å². The molecule has 1 atom stereocenters. The van der Waals surface area contributed by atoms with Crippen LogP contribution < -0.4 is 15.0 Å². The zero-order valence-corrected chi connectivity index (χ0v) is 18.1. The van der Waals surface area contributed by atoms with Crippen LogP contribution in [-0.4, -0.2) is 41.1 Å². The van der Waals surface area contributed by atoms with Gasteiger partial charge in [-0.2, -0.15) is 0 Å². The molecule has 0 spiro atoms. The van der Waals surface area contributed by atoms with Gasteiger partial charge in [-0.05, 0) is 43.2 Å². The first kappa shape index (κ1) is 20.9. The largest absolute Gasteiger partial charge is 0.494 e. The van der Waals surface area contributed by atoms with Gasteiger partial charge in [-0.3, -0.25) is 9.59 Å². The monoisotopic (exact) mass is 438 g/mol. The molecule has 1 aliphatic heterocycles. The average molecular weight is 439 g/mol. The van der Waals surface area contributed by atoms with Crippen LogP contribution in [0.5, 0.6) is 5.75 Å². The van der Waals surface area contributed by atoms with Gasteiger partial charge in [0.15, 0.2) is 0 Å². The third kappa shape index (κ3) is 4.56. The number of ether oxygens (including phenoxy) is 1. The molecule has 4 rings (SSSR count). The summed E-state index contributed by atoms with van der Waals surface area (Å²) in [6.07, 6.45) is 4.38. The highest BCUT2D eigenvalue weighted by Crippen LogP contribution is 2.31. The van der Waals surface area contributed by atoms with Gasteiger partial charge in [-0.15, -0.1) is 0 Å². The highest BCUT2D eigenvalue weighted by atomic mass is 35.5. The molecule has 3 aromatic rings. The number of carbonyl (C=O) groups excluding carboxylic acids is 2. The molecule has 160 valence electrons. The van der Waals surface area contributed by atoms with E-state index < -0.39 is 6.04 Å². The SMILES string of the molecule is COc1cc(N2CCC(NC(=O)Cc3ccc(Cl)cc3)C2=O)ccc1-n1cnc(C)c1. The van der Waals surface area contributed by atoms with Crippen molar-refractivity contribution >= 4 is 29.1 Å². The summed E-state index contributed by atoms with van der Waals surface area (Å²) < 4.78 is 7.42. The molecule has 0 saturated carbocycles. The molecular formula is C23H23ClN4O3. The molecule has 1 fully saturated rings. The number of amides is 2. The second-order valence-electron chi connectivity index (χ2n) is 7.48. The van der Waals surface area contributed by atoms with E-state index in [0.29, 0.717) is 23.7 Å². The molecule has 1 aromatic heterocycles. The number of carbonyl (C=O) groups is 2. The summed E-state index contributed by atoms with van der Waals surface area (Å²) in [6, 6.07) is 12.2. The molecule has 7 nitrogen and oxygen atoms in total. The second kappa shape index (κ2) is 8.81. The van der Waals surface area contributed by atoms with Crippen molar-refractivity contribution in [1.29, 1.82) is 0 Å². The van der Waals surface area contributed by atoms with Crippen LogP contribution in [0.25, 0.3) is 5.69 Å². The fourth-order valence-electron chi connectivity index (χ4n) is 3.70. The Balaban J connectivity index is 1.44. The quantitative estimate of drug-likeness (QED) is 0.640. The number of rotatable bonds is 6. The van der Waals surface area contributed by atoms with Crippen molar-refractivity contribution in [1.82, 2.24) is 14.9 Å². The van der Waals surface area contributed by atoms with Gasteiger partial charge >= 0.3 is 0 Å². The van der Waals surface area contributed by atoms with E-state index in [-0.39, 0.29) is 18.2 Å². The number of hydrogen-bond donors (Lipinski definition) is 1. The molecular weight excluding hydrogens is 416 g/mol. The fraction of sp³-hybridized carbons (Fsp3) is 0.261. The van der Waals surface area contributed by atoms with E-state index in [2.05, 4.69) is 10.3 Å². The molecule has 2 amide bonds. The highest BCUT2D eigenvalue weighted by molar-refractivity contribution is 6.30. The van der Waals surface area contributed by atoms with E-state index in [1.165, 1.54) is 0 Å². The second-order valence-corrected chi connectivity index (χ2v) is 7.92. The van der Waals surface area contributed by atoms with Crippen molar-refractivity contribution in [3.05, 3.63) is 71.3 Å². The maximum Gasteiger partial charge on any atom is 0.249 e. The zero-order chi connectivity index (χ0) is 22.0. The minimum atomic E-state index is -0.540. The summed E-state index contributed by atoms with van der Waals surface area (Å²) in [5.41, 5.74) is 3.32. The number of nitrogens with one attached hydrogen (secondary N) is 1. The Bertz CT molecular complexity index is 1110. The Morgan fingerprint density at radius 1 is 1.26 bits per heavy atom. The van der Waals surface area contributed by atoms with Crippen molar-refractivity contribution < 1.29 is 14.3 Å². The number of anilines is 1. The van der Waals surface area contributed by atoms with Gasteiger partial charge in [0.1, 0.15) is 11.8 Å². The number of methoxy groups -OCH3 is 1. The normalized spacial score (nSPS) is 15.9. The predicted molar refractivity (Wildman–Crippen MR) is 119 cm³/mol. The van der Waals surface area contributed by atoms with Crippen molar-refractivity contribution in [2.24, 2.45) is 0 Å². The summed E-state index contributed by atoms with van der Waals surface area (Å²) in [6.45, 7) is 2.44. The van der Waals surface area contributed by atoms with Gasteiger partial charge in [-0.1, -0.05) is 23.7 Å². The topological polar surface area (TPSA) is 76.5 Å². The van der Waals surface area contributed by atoms with E-state index >= 15 is 0 Å². The van der Waals surface area contributed by atoms with Gasteiger partial charge in [0.25, 0.3) is 0 Å². The molecule has 1 aliphatic rings. The van der Waals surface area contributed by atoms with E-state index in [1.807, 2.05) is 35.9 Å². The minimum absolute atomic E-state index is 0.127. The lowest BCUT2D eigenvalue weighted by atomic mass is 10.1. The van der Waals surface area contributed by atoms with Crippen LogP contribution in [0.15, 0.2) is 55.0 Å². The lowest BCUT2D eigenvalue weighted by Gasteiger charge is -2.19. The van der Waals surface area contributed by atoms with Gasteiger partial charge in [0.2, 0.25) is 11.8 Å². The molecule has 0 aliphatic carbocycles. The number of nitrogens with zero attached hydrogens (tertiary/aromatic N) is 3. The van der Waals surface area contributed by atoms with Crippen LogP contribution in [0, 0.1) is 6.92 Å². The van der Waals surface area contributed by atoms with Gasteiger partial charge in [-0.25, -0.2) is 4.98 Å². The smallest absolute Gasteiger partial charge is 0.249 e. The maximum absolute atomic E-state index is 12.9. The molecule has 31 heavy (non-hydrogen) atoms. The molecule has 1 saturated heterocycles. The van der Waals surface area contributed by atoms with Crippen LogP contribution in [-0.2, 0) is 16.0 Å². The number of imidazole rings is 1. The first-order valence-corrected chi connectivity index (χ1v) is 10.4. The number of hydrogen-bond acceptors (Lipinski definition) is 4. The third-order valence-corrected chi connectivity index (χ3v) is 5.54. The lowest BCUT2D eigenvalue weighted by molar-refractivity contribution is -0.126. The third-order valence-electron chi connectivity index (χ3n) is 5.28. The Morgan fingerprint density at radius 2 is 2.03 bits per heavy atom. The molecule has 2 heterocycles. The molecule has 0 bridgehead atoms. The average Bonchev–Trinajstić information content (AvgIpc) is 3.35. The summed E-state index contributed by atoms with van der Waals surface area (Å²) in [5.74, 6) is 0.321. The Kier molecular flexibility index (Phi) is 5.95. The summed E-state index contributed by atoms with van der Waals surface area (Å²) >= 11 is 5.88. The number of benzene rings is 2. The lowest BCUT2D eigenvalue weighted by Crippen LogP contribution is -2.42. The first-order valence-electron chi connectivity index (χ1n) is 9.99. The molecule has 8 heteroatoms. The van der Waals surface area contributed by atoms with E-state index in [0.717, 1.165) is 22.6 Å². The molecule has 1 unspecified atom stereocenters. The van der Waals surface area contributed by atoms with Gasteiger partial charge < -0.3 is 19.5 Å². The van der Waals surface area contributed by atoms with Crippen LogP contribution in [0.1, 0.15) is 17.7 Å². The van der Waals surface area contributed by atoms with Crippen molar-refractivity contribution in [3.8, 4) is 11.4 Å². The van der Waals surface area contributed by atoms with Crippen molar-refractivity contribution in [2.75, 3.05) is 18.6 Å². The molecule has 2 aromatic carbocycles. The highest BCUT2D eigenvalue weighted by Gasteiger charge is 2.34. The Labute approximate surface area is 185 Å². The van der Waals surface area contributed by atoms with E-state index in [1.54, 1.807) is 42.6 Å². The first-order chi connectivity index (χ1) is 14.9. The van der Waals surface area contributed by atoms with E-state index in [9.17, 15) is 9.59 Å². The summed E-state index contributed by atoms with van der Waals surface area (Å²) in [5, 5.41) is 3.47. The maximum atomic E-state index is 12.9. The molecule has 1 N–H and O–H groups in total. The molecule has 0 radical (unpaired) electrons. The summed E-state index contributed by atoms with van der Waals surface area (Å²) in [4.78, 5) is 31.3. The van der Waals surface area contributed by atoms with Crippen LogP contribution >= 0.6 is 11.6 Å². The van der Waals surface area contributed by atoms with Crippen molar-refractivity contribution in [3.63, 3.8) is 0 Å². The standard InChI is InChI=1S/C23H23ClN4O3/c1-15-13-27(14-25-15)20-8-7-18(12-21(20)31-2)28-10-9-19(23(28)30)26-22(29)11-16-3-5-17(24)6-4-16/h3-8,12-14,19H,9-11H2,1-2H3,(H,26,29). The fourth-order valence-corrected chi connectivity index (χ4v) is 3.83. The number of halogens is 1. The van der Waals surface area contributed by atoms with Crippen LogP contribution in [0.3, 0.4) is 0 Å². The zero-order valence-electron chi connectivity index (χ0n) is 17.3. The predicted octanol–water partition coefficient (Wildman–Crippen LogP) is 3.31. The van der Waals surface area contributed by atoms with Crippen LogP contribution in [0.4, 0.5) is 5.69 Å². The van der Waals surface area contributed by atoms with Gasteiger partial charge in [0, 0.05) is 29.5 Å². The van der Waals surface area contributed by atoms with Crippen molar-refractivity contribution in [2.45, 2.75) is 25.8 Å². The minimum Gasteiger partial charge on any atom is -0.494 e. The summed E-state index contributed by atoms with van der Waals surface area (Å²) in [7, 11) is 1.60.